The van der Waals surface area contributed by atoms with Gasteiger partial charge in [-0.1, -0.05) is 30.3 Å². The topological polar surface area (TPSA) is 105 Å². The second-order valence-corrected chi connectivity index (χ2v) is 9.37. The number of halogens is 3. The Bertz CT molecular complexity index is 1070. The zero-order valence-electron chi connectivity index (χ0n) is 19.5. The van der Waals surface area contributed by atoms with Crippen LogP contribution in [0.1, 0.15) is 53.1 Å². The highest BCUT2D eigenvalue weighted by molar-refractivity contribution is 5.97. The van der Waals surface area contributed by atoms with Crippen LogP contribution in [0.4, 0.5) is 18.9 Å². The number of alkyl halides is 3. The average Bonchev–Trinajstić information content (AvgIpc) is 2.84. The molecule has 4 rings (SSSR count). The molecule has 8 nitrogen and oxygen atoms in total. The third kappa shape index (κ3) is 6.34. The number of amides is 2. The Hall–Kier alpha value is -3.15. The van der Waals surface area contributed by atoms with Crippen LogP contribution in [0.5, 0.6) is 0 Å². The van der Waals surface area contributed by atoms with Crippen molar-refractivity contribution in [1.29, 1.82) is 0 Å². The van der Waals surface area contributed by atoms with Crippen LogP contribution in [0.15, 0.2) is 48.5 Å². The highest BCUT2D eigenvalue weighted by atomic mass is 19.4. The number of hydrogen-bond donors (Lipinski definition) is 4. The lowest BCUT2D eigenvalue weighted by molar-refractivity contribution is -0.137. The van der Waals surface area contributed by atoms with E-state index in [1.807, 2.05) is 6.07 Å². The van der Waals surface area contributed by atoms with Gasteiger partial charge >= 0.3 is 6.18 Å². The van der Waals surface area contributed by atoms with Crippen LogP contribution in [-0.2, 0) is 11.0 Å². The molecule has 4 N–H and O–H groups in total. The van der Waals surface area contributed by atoms with Crippen molar-refractivity contribution in [3.8, 4) is 0 Å². The lowest BCUT2D eigenvalue weighted by atomic mass is 9.80. The van der Waals surface area contributed by atoms with Gasteiger partial charge in [-0.2, -0.15) is 13.2 Å². The van der Waals surface area contributed by atoms with E-state index in [0.717, 1.165) is 44.8 Å². The molecule has 0 atom stereocenters. The fourth-order valence-corrected chi connectivity index (χ4v) is 4.96. The second kappa shape index (κ2) is 10.9. The predicted molar refractivity (Wildman–Crippen MR) is 125 cm³/mol. The zero-order valence-corrected chi connectivity index (χ0v) is 19.5. The number of carbonyl (C=O) groups excluding carboxylic acids is 2. The molecule has 11 heteroatoms. The summed E-state index contributed by atoms with van der Waals surface area (Å²) >= 11 is 0. The molecule has 1 saturated heterocycles. The fourth-order valence-electron chi connectivity index (χ4n) is 4.96. The number of hydrogen-bond acceptors (Lipinski definition) is 6. The molecule has 36 heavy (non-hydrogen) atoms. The normalized spacial score (nSPS) is 20.9. The van der Waals surface area contributed by atoms with Crippen molar-refractivity contribution in [3.05, 3.63) is 65.2 Å². The molecule has 0 bridgehead atoms. The number of likely N-dealkylation sites (tertiary alicyclic amines) is 1. The smallest absolute Gasteiger partial charge is 0.349 e. The first-order chi connectivity index (χ1) is 17.1. The van der Waals surface area contributed by atoms with Crippen molar-refractivity contribution in [2.24, 2.45) is 0 Å². The van der Waals surface area contributed by atoms with Gasteiger partial charge in [0.15, 0.2) is 0 Å². The van der Waals surface area contributed by atoms with Crippen LogP contribution >= 0.6 is 0 Å². The van der Waals surface area contributed by atoms with Gasteiger partial charge in [-0.15, -0.1) is 5.23 Å². The Morgan fingerprint density at radius 2 is 1.67 bits per heavy atom. The zero-order chi connectivity index (χ0) is 25.9. The van der Waals surface area contributed by atoms with Gasteiger partial charge in [0.1, 0.15) is 0 Å². The van der Waals surface area contributed by atoms with E-state index in [-0.39, 0.29) is 6.04 Å². The van der Waals surface area contributed by atoms with E-state index >= 15 is 0 Å². The van der Waals surface area contributed by atoms with E-state index in [0.29, 0.717) is 24.1 Å². The van der Waals surface area contributed by atoms with Crippen molar-refractivity contribution in [2.45, 2.75) is 49.9 Å². The first kappa shape index (κ1) is 25.9. The van der Waals surface area contributed by atoms with Crippen LogP contribution in [-0.4, -0.2) is 58.8 Å². The minimum absolute atomic E-state index is 0.0428. The third-order valence-corrected chi connectivity index (χ3v) is 6.91. The minimum atomic E-state index is -4.80. The number of rotatable bonds is 7. The van der Waals surface area contributed by atoms with Gasteiger partial charge in [-0.25, -0.2) is 0 Å². The lowest BCUT2D eigenvalue weighted by Crippen LogP contribution is -2.63. The van der Waals surface area contributed by atoms with E-state index in [9.17, 15) is 22.8 Å². The molecule has 0 unspecified atom stereocenters. The Kier molecular flexibility index (Phi) is 7.82. The molecule has 194 valence electrons. The molecule has 2 amide bonds. The standard InChI is InChI=1S/C25H29F3N4O4/c26-25(27,28)19-10-18(11-22(12-19)32(35)36)24(34)29-13-23(33)30-20-14-31(15-20)21-8-6-17(7-9-21)16-4-2-1-3-5-16/h1-5,10-12,17,20-21,35-36H,6-9,13-15H2,(H,29,34)(H,30,33)/t17-,21+. The molecule has 2 fully saturated rings. The summed E-state index contributed by atoms with van der Waals surface area (Å²) < 4.78 is 39.2. The minimum Gasteiger partial charge on any atom is -0.349 e. The quantitative estimate of drug-likeness (QED) is 0.428. The van der Waals surface area contributed by atoms with Gasteiger partial charge in [-0.05, 0) is 55.4 Å². The van der Waals surface area contributed by atoms with Crippen LogP contribution in [0, 0.1) is 0 Å². The van der Waals surface area contributed by atoms with E-state index in [2.05, 4.69) is 39.8 Å². The number of carbonyl (C=O) groups is 2. The Morgan fingerprint density at radius 1 is 1.00 bits per heavy atom. The van der Waals surface area contributed by atoms with Crippen molar-refractivity contribution in [3.63, 3.8) is 0 Å². The van der Waals surface area contributed by atoms with E-state index in [4.69, 9.17) is 10.4 Å². The molecule has 1 saturated carbocycles. The summed E-state index contributed by atoms with van der Waals surface area (Å²) in [6.45, 7) is 1.03. The fraction of sp³-hybridized carbons (Fsp3) is 0.440. The molecule has 0 aromatic heterocycles. The Balaban J connectivity index is 1.20. The summed E-state index contributed by atoms with van der Waals surface area (Å²) in [5, 5.41) is 22.7. The highest BCUT2D eigenvalue weighted by Gasteiger charge is 2.36. The van der Waals surface area contributed by atoms with Crippen LogP contribution < -0.4 is 15.9 Å². The summed E-state index contributed by atoms with van der Waals surface area (Å²) in [7, 11) is 0. The van der Waals surface area contributed by atoms with Crippen molar-refractivity contribution < 1.29 is 33.2 Å². The number of anilines is 1. The first-order valence-electron chi connectivity index (χ1n) is 11.9. The van der Waals surface area contributed by atoms with Crippen molar-refractivity contribution in [2.75, 3.05) is 24.9 Å². The van der Waals surface area contributed by atoms with Gasteiger partial charge in [0.2, 0.25) is 5.91 Å². The van der Waals surface area contributed by atoms with Crippen molar-refractivity contribution >= 4 is 17.5 Å². The maximum absolute atomic E-state index is 13.1. The predicted octanol–water partition coefficient (Wildman–Crippen LogP) is 3.55. The summed E-state index contributed by atoms with van der Waals surface area (Å²) in [6, 6.07) is 12.9. The first-order valence-corrected chi connectivity index (χ1v) is 11.9. The van der Waals surface area contributed by atoms with E-state index < -0.39 is 46.6 Å². The maximum Gasteiger partial charge on any atom is 0.416 e. The summed E-state index contributed by atoms with van der Waals surface area (Å²) in [5.74, 6) is -0.794. The molecule has 1 aliphatic carbocycles. The molecular formula is C25H29F3N4O4. The molecular weight excluding hydrogens is 477 g/mol. The molecule has 1 heterocycles. The molecule has 2 aromatic rings. The lowest BCUT2D eigenvalue weighted by Gasteiger charge is -2.46. The number of nitrogens with zero attached hydrogens (tertiary/aromatic N) is 2. The summed E-state index contributed by atoms with van der Waals surface area (Å²) in [5.41, 5.74) is -0.929. The Labute approximate surface area is 206 Å². The van der Waals surface area contributed by atoms with E-state index in [1.165, 1.54) is 5.56 Å². The number of nitrogens with one attached hydrogen (secondary N) is 2. The van der Waals surface area contributed by atoms with Gasteiger partial charge in [0.25, 0.3) is 5.91 Å². The van der Waals surface area contributed by atoms with Gasteiger partial charge in [-0.3, -0.25) is 24.9 Å². The van der Waals surface area contributed by atoms with Crippen LogP contribution in [0.25, 0.3) is 0 Å². The maximum atomic E-state index is 13.1. The molecule has 0 radical (unpaired) electrons. The van der Waals surface area contributed by atoms with Gasteiger partial charge in [0, 0.05) is 24.7 Å². The molecule has 0 spiro atoms. The van der Waals surface area contributed by atoms with Gasteiger partial charge in [0.05, 0.1) is 23.8 Å². The second-order valence-electron chi connectivity index (χ2n) is 9.37. The van der Waals surface area contributed by atoms with E-state index in [1.54, 1.807) is 0 Å². The Morgan fingerprint density at radius 3 is 2.28 bits per heavy atom. The number of benzene rings is 2. The third-order valence-electron chi connectivity index (χ3n) is 6.91. The van der Waals surface area contributed by atoms with Crippen molar-refractivity contribution in [1.82, 2.24) is 15.5 Å². The summed E-state index contributed by atoms with van der Waals surface area (Å²) in [4.78, 5) is 26.9. The van der Waals surface area contributed by atoms with Gasteiger partial charge < -0.3 is 10.6 Å². The SMILES string of the molecule is O=C(CNC(=O)c1cc(N(O)O)cc(C(F)(F)F)c1)NC1CN([C@H]2CC[C@@H](c3ccccc3)CC2)C1. The summed E-state index contributed by atoms with van der Waals surface area (Å²) in [6.07, 6.45) is -0.316. The largest absolute Gasteiger partial charge is 0.416 e. The van der Waals surface area contributed by atoms with Crippen LogP contribution in [0.3, 0.4) is 0 Å². The molecule has 2 aliphatic rings. The monoisotopic (exact) mass is 506 g/mol. The molecule has 2 aromatic carbocycles. The average molecular weight is 507 g/mol. The molecule has 1 aliphatic heterocycles. The highest BCUT2D eigenvalue weighted by Crippen LogP contribution is 2.36. The van der Waals surface area contributed by atoms with Crippen LogP contribution in [0.2, 0.25) is 0 Å².